The summed E-state index contributed by atoms with van der Waals surface area (Å²) in [4.78, 5) is 34.1. The molecule has 0 aromatic carbocycles. The van der Waals surface area contributed by atoms with Gasteiger partial charge >= 0.3 is 0 Å². The van der Waals surface area contributed by atoms with Crippen molar-refractivity contribution in [3.8, 4) is 0 Å². The van der Waals surface area contributed by atoms with E-state index in [1.165, 1.54) is 0 Å². The van der Waals surface area contributed by atoms with Crippen LogP contribution in [-0.2, 0) is 4.79 Å². The number of rotatable bonds is 2. The summed E-state index contributed by atoms with van der Waals surface area (Å²) in [5, 5.41) is 10.1. The van der Waals surface area contributed by atoms with Crippen LogP contribution in [0.3, 0.4) is 0 Å². The summed E-state index contributed by atoms with van der Waals surface area (Å²) in [5.41, 5.74) is -0.332. The lowest BCUT2D eigenvalue weighted by Crippen LogP contribution is -2.40. The number of hydrogen-bond donors (Lipinski definition) is 4. The first-order valence-corrected chi connectivity index (χ1v) is 5.50. The van der Waals surface area contributed by atoms with Gasteiger partial charge in [0.15, 0.2) is 0 Å². The Labute approximate surface area is 97.0 Å². The van der Waals surface area contributed by atoms with Gasteiger partial charge in [0.05, 0.1) is 0 Å². The van der Waals surface area contributed by atoms with Crippen LogP contribution in [0.25, 0.3) is 0 Å². The Kier molecular flexibility index (Phi) is 3.38. The summed E-state index contributed by atoms with van der Waals surface area (Å²) < 4.78 is 0. The van der Waals surface area contributed by atoms with Crippen LogP contribution in [0.15, 0.2) is 10.9 Å². The third-order valence-electron chi connectivity index (χ3n) is 2.79. The zero-order chi connectivity index (χ0) is 12.3. The molecule has 0 radical (unpaired) electrons. The number of imide groups is 1. The van der Waals surface area contributed by atoms with Crippen LogP contribution < -0.4 is 16.2 Å². The second kappa shape index (κ2) is 4.96. The highest BCUT2D eigenvalue weighted by Gasteiger charge is 2.23. The number of amides is 2. The van der Waals surface area contributed by atoms with Gasteiger partial charge in [-0.05, 0) is 25.9 Å². The second-order valence-electron chi connectivity index (χ2n) is 4.01. The molecule has 0 saturated carbocycles. The molecule has 17 heavy (non-hydrogen) atoms. The monoisotopic (exact) mass is 238 g/mol. The first-order valence-electron chi connectivity index (χ1n) is 5.50. The molecule has 0 spiro atoms. The van der Waals surface area contributed by atoms with Crippen molar-refractivity contribution >= 4 is 11.8 Å². The Morgan fingerprint density at radius 2 is 1.94 bits per heavy atom. The Morgan fingerprint density at radius 1 is 1.24 bits per heavy atom. The van der Waals surface area contributed by atoms with E-state index in [4.69, 9.17) is 0 Å². The molecule has 0 atom stereocenters. The number of aromatic amines is 2. The summed E-state index contributed by atoms with van der Waals surface area (Å²) in [6.45, 7) is 1.57. The summed E-state index contributed by atoms with van der Waals surface area (Å²) >= 11 is 0. The predicted molar refractivity (Wildman–Crippen MR) is 59.5 cm³/mol. The van der Waals surface area contributed by atoms with Crippen LogP contribution in [0.2, 0.25) is 0 Å². The first-order chi connectivity index (χ1) is 8.16. The summed E-state index contributed by atoms with van der Waals surface area (Å²) in [7, 11) is 0. The van der Waals surface area contributed by atoms with Crippen LogP contribution in [0.1, 0.15) is 23.3 Å². The molecule has 0 bridgehead atoms. The molecular weight excluding hydrogens is 224 g/mol. The third-order valence-corrected chi connectivity index (χ3v) is 2.79. The van der Waals surface area contributed by atoms with Crippen LogP contribution in [0, 0.1) is 5.92 Å². The highest BCUT2D eigenvalue weighted by Crippen LogP contribution is 2.11. The normalized spacial score (nSPS) is 16.7. The fourth-order valence-corrected chi connectivity index (χ4v) is 1.82. The molecular formula is C10H14N4O3. The molecule has 0 unspecified atom stereocenters. The van der Waals surface area contributed by atoms with E-state index in [1.807, 2.05) is 0 Å². The Bertz CT molecular complexity index is 470. The van der Waals surface area contributed by atoms with Crippen LogP contribution in [0.4, 0.5) is 0 Å². The SMILES string of the molecule is O=C(NC(=O)C1CCNCC1)c1cc(=O)[nH][nH]1. The number of hydrogen-bond acceptors (Lipinski definition) is 4. The molecule has 2 rings (SSSR count). The maximum absolute atomic E-state index is 11.7. The van der Waals surface area contributed by atoms with Gasteiger partial charge in [0.1, 0.15) is 5.69 Å². The quantitative estimate of drug-likeness (QED) is 0.493. The van der Waals surface area contributed by atoms with Crippen LogP contribution >= 0.6 is 0 Å². The molecule has 1 aliphatic heterocycles. The van der Waals surface area contributed by atoms with Crippen molar-refractivity contribution in [3.63, 3.8) is 0 Å². The highest BCUT2D eigenvalue weighted by atomic mass is 16.2. The molecule has 7 nitrogen and oxygen atoms in total. The zero-order valence-corrected chi connectivity index (χ0v) is 9.21. The molecule has 92 valence electrons. The first kappa shape index (κ1) is 11.6. The van der Waals surface area contributed by atoms with Crippen molar-refractivity contribution in [2.45, 2.75) is 12.8 Å². The van der Waals surface area contributed by atoms with E-state index in [-0.39, 0.29) is 17.5 Å². The van der Waals surface area contributed by atoms with Crippen LogP contribution in [0.5, 0.6) is 0 Å². The minimum absolute atomic E-state index is 0.0669. The smallest absolute Gasteiger partial charge is 0.275 e. The minimum atomic E-state index is -0.577. The number of aromatic nitrogens is 2. The lowest BCUT2D eigenvalue weighted by Gasteiger charge is -2.21. The minimum Gasteiger partial charge on any atom is -0.317 e. The van der Waals surface area contributed by atoms with E-state index in [9.17, 15) is 14.4 Å². The zero-order valence-electron chi connectivity index (χ0n) is 9.21. The number of H-pyrrole nitrogens is 2. The summed E-state index contributed by atoms with van der Waals surface area (Å²) in [6.07, 6.45) is 1.45. The molecule has 0 aliphatic carbocycles. The summed E-state index contributed by atoms with van der Waals surface area (Å²) in [5.74, 6) is -0.990. The standard InChI is InChI=1S/C10H14N4O3/c15-8-5-7(13-14-8)10(17)12-9(16)6-1-3-11-4-2-6/h5-6,11H,1-4H2,(H,12,16,17)(H2,13,14,15). The van der Waals surface area contributed by atoms with Crippen molar-refractivity contribution < 1.29 is 9.59 Å². The van der Waals surface area contributed by atoms with Gasteiger partial charge in [0, 0.05) is 12.0 Å². The van der Waals surface area contributed by atoms with E-state index >= 15 is 0 Å². The lowest BCUT2D eigenvalue weighted by atomic mass is 9.97. The van der Waals surface area contributed by atoms with Crippen LogP contribution in [-0.4, -0.2) is 35.1 Å². The molecule has 1 aromatic heterocycles. The average Bonchev–Trinajstić information content (AvgIpc) is 2.77. The number of piperidine rings is 1. The molecule has 1 aromatic rings. The van der Waals surface area contributed by atoms with Gasteiger partial charge in [-0.3, -0.25) is 29.9 Å². The van der Waals surface area contributed by atoms with Gasteiger partial charge in [0.2, 0.25) is 5.91 Å². The fourth-order valence-electron chi connectivity index (χ4n) is 1.82. The lowest BCUT2D eigenvalue weighted by molar-refractivity contribution is -0.124. The van der Waals surface area contributed by atoms with E-state index < -0.39 is 11.5 Å². The second-order valence-corrected chi connectivity index (χ2v) is 4.01. The third kappa shape index (κ3) is 2.82. The number of carbonyl (C=O) groups is 2. The van der Waals surface area contributed by atoms with E-state index in [2.05, 4.69) is 20.8 Å². The molecule has 1 aliphatic rings. The van der Waals surface area contributed by atoms with Gasteiger partial charge in [-0.25, -0.2) is 0 Å². The summed E-state index contributed by atoms with van der Waals surface area (Å²) in [6, 6.07) is 1.12. The molecule has 2 heterocycles. The molecule has 4 N–H and O–H groups in total. The van der Waals surface area contributed by atoms with Crippen molar-refractivity contribution in [1.29, 1.82) is 0 Å². The Morgan fingerprint density at radius 3 is 2.53 bits per heavy atom. The topological polar surface area (TPSA) is 107 Å². The molecule has 1 fully saturated rings. The van der Waals surface area contributed by atoms with E-state index in [0.29, 0.717) is 0 Å². The maximum Gasteiger partial charge on any atom is 0.275 e. The number of carbonyl (C=O) groups excluding carboxylic acids is 2. The predicted octanol–water partition coefficient (Wildman–Crippen LogP) is -1.04. The Balaban J connectivity index is 1.94. The highest BCUT2D eigenvalue weighted by molar-refractivity contribution is 6.04. The molecule has 7 heteroatoms. The van der Waals surface area contributed by atoms with Gasteiger partial charge < -0.3 is 5.32 Å². The maximum atomic E-state index is 11.7. The van der Waals surface area contributed by atoms with Crippen molar-refractivity contribution in [1.82, 2.24) is 20.8 Å². The van der Waals surface area contributed by atoms with Crippen molar-refractivity contribution in [2.24, 2.45) is 5.92 Å². The average molecular weight is 238 g/mol. The Hall–Kier alpha value is -1.89. The van der Waals surface area contributed by atoms with Crippen molar-refractivity contribution in [2.75, 3.05) is 13.1 Å². The van der Waals surface area contributed by atoms with Gasteiger partial charge in [-0.1, -0.05) is 0 Å². The molecule has 1 saturated heterocycles. The largest absolute Gasteiger partial charge is 0.317 e. The van der Waals surface area contributed by atoms with Crippen molar-refractivity contribution in [3.05, 3.63) is 22.1 Å². The number of nitrogens with one attached hydrogen (secondary N) is 4. The van der Waals surface area contributed by atoms with E-state index in [1.54, 1.807) is 0 Å². The van der Waals surface area contributed by atoms with Gasteiger partial charge in [0.25, 0.3) is 11.5 Å². The van der Waals surface area contributed by atoms with E-state index in [0.717, 1.165) is 32.0 Å². The fraction of sp³-hybridized carbons (Fsp3) is 0.500. The van der Waals surface area contributed by atoms with Gasteiger partial charge in [-0.2, -0.15) is 0 Å². The molecule has 2 amide bonds. The van der Waals surface area contributed by atoms with Gasteiger partial charge in [-0.15, -0.1) is 0 Å².